The van der Waals surface area contributed by atoms with E-state index in [9.17, 15) is 19.5 Å². The molecule has 1 aromatic rings. The number of nitrogens with zero attached hydrogens (tertiary/aromatic N) is 1. The van der Waals surface area contributed by atoms with Crippen molar-refractivity contribution in [1.29, 1.82) is 0 Å². The van der Waals surface area contributed by atoms with Gasteiger partial charge in [0, 0.05) is 17.2 Å². The van der Waals surface area contributed by atoms with Crippen molar-refractivity contribution in [2.24, 2.45) is 0 Å². The quantitative estimate of drug-likeness (QED) is 0.476. The third-order valence-electron chi connectivity index (χ3n) is 4.40. The van der Waals surface area contributed by atoms with Gasteiger partial charge in [0.1, 0.15) is 17.1 Å². The van der Waals surface area contributed by atoms with Crippen molar-refractivity contribution in [3.05, 3.63) is 33.7 Å². The smallest absolute Gasteiger partial charge is 0.352 e. The third kappa shape index (κ3) is 4.36. The number of unbranched alkanes of at least 4 members (excludes halogenated alkanes) is 1. The van der Waals surface area contributed by atoms with Gasteiger partial charge in [-0.15, -0.1) is 23.1 Å². The molecule has 27 heavy (non-hydrogen) atoms. The zero-order chi connectivity index (χ0) is 19.4. The Morgan fingerprint density at radius 1 is 1.44 bits per heavy atom. The molecule has 2 amide bonds. The average Bonchev–Trinajstić information content (AvgIpc) is 3.15. The van der Waals surface area contributed by atoms with E-state index in [2.05, 4.69) is 12.2 Å². The van der Waals surface area contributed by atoms with Crippen LogP contribution in [-0.4, -0.2) is 58.2 Å². The van der Waals surface area contributed by atoms with Crippen molar-refractivity contribution in [1.82, 2.24) is 10.2 Å². The molecule has 1 fully saturated rings. The number of aliphatic carboxylic acids is 1. The fourth-order valence-electron chi connectivity index (χ4n) is 3.03. The number of thioether (sulfide) groups is 1. The van der Waals surface area contributed by atoms with Crippen molar-refractivity contribution in [3.63, 3.8) is 0 Å². The molecule has 0 spiro atoms. The number of rotatable bonds is 9. The maximum Gasteiger partial charge on any atom is 0.352 e. The Morgan fingerprint density at radius 2 is 2.26 bits per heavy atom. The van der Waals surface area contributed by atoms with E-state index in [4.69, 9.17) is 4.74 Å². The Morgan fingerprint density at radius 3 is 2.93 bits per heavy atom. The minimum atomic E-state index is -1.13. The summed E-state index contributed by atoms with van der Waals surface area (Å²) in [5, 5.41) is 13.8. The first kappa shape index (κ1) is 19.9. The van der Waals surface area contributed by atoms with Gasteiger partial charge in [-0.3, -0.25) is 14.5 Å². The fraction of sp³-hybridized carbons (Fsp3) is 0.500. The predicted octanol–water partition coefficient (Wildman–Crippen LogP) is 1.85. The van der Waals surface area contributed by atoms with Crippen molar-refractivity contribution in [2.45, 2.75) is 37.6 Å². The normalized spacial score (nSPS) is 21.7. The lowest BCUT2D eigenvalue weighted by atomic mass is 10.0. The highest BCUT2D eigenvalue weighted by Crippen LogP contribution is 2.40. The van der Waals surface area contributed by atoms with Crippen molar-refractivity contribution in [2.75, 3.05) is 19.0 Å². The largest absolute Gasteiger partial charge is 0.477 e. The van der Waals surface area contributed by atoms with Gasteiger partial charge in [-0.1, -0.05) is 19.4 Å². The fourth-order valence-corrected chi connectivity index (χ4v) is 5.06. The number of fused-ring (bicyclic) bond motifs is 1. The number of carbonyl (C=O) groups is 3. The van der Waals surface area contributed by atoms with E-state index in [1.165, 1.54) is 28.0 Å². The van der Waals surface area contributed by atoms with E-state index in [1.54, 1.807) is 0 Å². The summed E-state index contributed by atoms with van der Waals surface area (Å²) in [6, 6.07) is 3.05. The molecule has 146 valence electrons. The summed E-state index contributed by atoms with van der Waals surface area (Å²) in [4.78, 5) is 38.6. The zero-order valence-electron chi connectivity index (χ0n) is 15.0. The predicted molar refractivity (Wildman–Crippen MR) is 103 cm³/mol. The van der Waals surface area contributed by atoms with Gasteiger partial charge in [-0.05, 0) is 23.4 Å². The van der Waals surface area contributed by atoms with E-state index in [-0.39, 0.29) is 35.9 Å². The number of ether oxygens (including phenoxy) is 1. The molecule has 7 nitrogen and oxygen atoms in total. The van der Waals surface area contributed by atoms with Crippen LogP contribution in [0.3, 0.4) is 0 Å². The summed E-state index contributed by atoms with van der Waals surface area (Å²) in [5.41, 5.74) is 0.612. The lowest BCUT2D eigenvalue weighted by molar-refractivity contribution is -0.150. The number of thiophene rings is 1. The summed E-state index contributed by atoms with van der Waals surface area (Å²) >= 11 is 2.94. The van der Waals surface area contributed by atoms with Crippen LogP contribution >= 0.6 is 23.1 Å². The first-order valence-corrected chi connectivity index (χ1v) is 10.7. The molecule has 0 saturated carbocycles. The van der Waals surface area contributed by atoms with Gasteiger partial charge in [0.2, 0.25) is 5.91 Å². The maximum atomic E-state index is 12.5. The number of carbonyl (C=O) groups excluding carboxylic acids is 2. The number of amides is 2. The lowest BCUT2D eigenvalue weighted by Crippen LogP contribution is -2.70. The highest BCUT2D eigenvalue weighted by molar-refractivity contribution is 8.00. The molecule has 1 unspecified atom stereocenters. The molecule has 1 aromatic heterocycles. The number of carboxylic acids is 1. The number of hydrogen-bond donors (Lipinski definition) is 2. The van der Waals surface area contributed by atoms with Crippen molar-refractivity contribution < 1.29 is 24.2 Å². The Balaban J connectivity index is 1.64. The van der Waals surface area contributed by atoms with Crippen LogP contribution in [-0.2, 0) is 25.5 Å². The van der Waals surface area contributed by atoms with E-state index >= 15 is 0 Å². The van der Waals surface area contributed by atoms with Crippen LogP contribution in [0.15, 0.2) is 28.8 Å². The summed E-state index contributed by atoms with van der Waals surface area (Å²) in [5.74, 6) is -1.27. The Bertz CT molecular complexity index is 747. The number of carboxylic acid groups (broad SMARTS) is 1. The monoisotopic (exact) mass is 410 g/mol. The molecule has 2 atom stereocenters. The maximum absolute atomic E-state index is 12.5. The molecule has 0 radical (unpaired) electrons. The van der Waals surface area contributed by atoms with Gasteiger partial charge in [-0.25, -0.2) is 4.79 Å². The summed E-state index contributed by atoms with van der Waals surface area (Å²) in [7, 11) is 0. The van der Waals surface area contributed by atoms with Crippen LogP contribution in [0.2, 0.25) is 0 Å². The standard InChI is InChI=1S/C18H22N2O5S2/c1-2-3-6-25-9-11-10-27-17-14(16(22)20(17)15(11)18(23)24)19-13(21)8-12-5-4-7-26-12/h4-5,7,14,17H,2-3,6,8-10H2,1H3,(H,19,21)(H,23,24)/t14?,17-/m1/s1. The Labute approximate surface area is 165 Å². The summed E-state index contributed by atoms with van der Waals surface area (Å²) < 4.78 is 5.55. The molecular weight excluding hydrogens is 388 g/mol. The molecule has 2 N–H and O–H groups in total. The molecule has 3 rings (SSSR count). The molecule has 2 aliphatic rings. The van der Waals surface area contributed by atoms with Crippen LogP contribution in [0.1, 0.15) is 24.6 Å². The van der Waals surface area contributed by atoms with E-state index in [0.29, 0.717) is 17.9 Å². The first-order valence-electron chi connectivity index (χ1n) is 8.82. The van der Waals surface area contributed by atoms with Gasteiger partial charge in [-0.2, -0.15) is 0 Å². The highest BCUT2D eigenvalue weighted by Gasteiger charge is 2.54. The second kappa shape index (κ2) is 8.90. The van der Waals surface area contributed by atoms with E-state index in [0.717, 1.165) is 17.7 Å². The minimum absolute atomic E-state index is 0.00371. The number of β-lactam (4-membered cyclic amide) rings is 1. The zero-order valence-corrected chi connectivity index (χ0v) is 16.6. The van der Waals surface area contributed by atoms with Crippen LogP contribution in [0.4, 0.5) is 0 Å². The summed E-state index contributed by atoms with van der Waals surface area (Å²) in [6.07, 6.45) is 2.13. The van der Waals surface area contributed by atoms with E-state index < -0.39 is 12.0 Å². The molecule has 9 heteroatoms. The minimum Gasteiger partial charge on any atom is -0.477 e. The van der Waals surface area contributed by atoms with Gasteiger partial charge < -0.3 is 15.2 Å². The Hall–Kier alpha value is -1.84. The second-order valence-electron chi connectivity index (χ2n) is 6.37. The molecule has 0 aliphatic carbocycles. The topological polar surface area (TPSA) is 95.9 Å². The van der Waals surface area contributed by atoms with Gasteiger partial charge in [0.25, 0.3) is 5.91 Å². The highest BCUT2D eigenvalue weighted by atomic mass is 32.2. The third-order valence-corrected chi connectivity index (χ3v) is 6.62. The Kier molecular flexibility index (Phi) is 6.56. The van der Waals surface area contributed by atoms with Crippen molar-refractivity contribution in [3.8, 4) is 0 Å². The number of hydrogen-bond acceptors (Lipinski definition) is 6. The molecule has 0 aromatic carbocycles. The van der Waals surface area contributed by atoms with Crippen molar-refractivity contribution >= 4 is 40.9 Å². The lowest BCUT2D eigenvalue weighted by Gasteiger charge is -2.49. The average molecular weight is 411 g/mol. The molecule has 1 saturated heterocycles. The van der Waals surface area contributed by atoms with E-state index in [1.807, 2.05) is 17.5 Å². The van der Waals surface area contributed by atoms with Gasteiger partial charge >= 0.3 is 5.97 Å². The second-order valence-corrected chi connectivity index (χ2v) is 8.51. The van der Waals surface area contributed by atoms with Crippen LogP contribution < -0.4 is 5.32 Å². The molecule has 3 heterocycles. The molecule has 0 bridgehead atoms. The van der Waals surface area contributed by atoms with Gasteiger partial charge in [0.15, 0.2) is 0 Å². The summed E-state index contributed by atoms with van der Waals surface area (Å²) in [6.45, 7) is 2.83. The van der Waals surface area contributed by atoms with Crippen LogP contribution in [0.25, 0.3) is 0 Å². The number of nitrogens with one attached hydrogen (secondary N) is 1. The van der Waals surface area contributed by atoms with Gasteiger partial charge in [0.05, 0.1) is 13.0 Å². The molecule has 2 aliphatic heterocycles. The first-order chi connectivity index (χ1) is 13.0. The van der Waals surface area contributed by atoms with Crippen LogP contribution in [0.5, 0.6) is 0 Å². The SMILES string of the molecule is CCCCOCC1=C(C(=O)O)N2C(=O)C(NC(=O)Cc3cccs3)[C@H]2SC1. The molecular formula is C18H22N2O5S2. The van der Waals surface area contributed by atoms with Crippen LogP contribution in [0, 0.1) is 0 Å².